The van der Waals surface area contributed by atoms with Gasteiger partial charge in [0.1, 0.15) is 30.5 Å². The molecule has 0 N–H and O–H groups in total. The summed E-state index contributed by atoms with van der Waals surface area (Å²) in [7, 11) is 0. The zero-order valence-corrected chi connectivity index (χ0v) is 17.8. The standard InChI is InChI=1S/C26H28O5/c1-3-5-17-28-24-15-16-25(23-14-10-9-13-22(23)24)30-19-21(31-26(27)4-2)18-29-20-11-7-6-8-12-20/h4,6-16,21H,2-3,5,17-19H2,1H3. The fourth-order valence-corrected chi connectivity index (χ4v) is 3.04. The van der Waals surface area contributed by atoms with E-state index in [1.807, 2.05) is 66.7 Å². The molecule has 0 bridgehead atoms. The van der Waals surface area contributed by atoms with Crippen LogP contribution in [0.2, 0.25) is 0 Å². The summed E-state index contributed by atoms with van der Waals surface area (Å²) in [5.74, 6) is 1.70. The van der Waals surface area contributed by atoms with Gasteiger partial charge in [-0.2, -0.15) is 0 Å². The molecular weight excluding hydrogens is 392 g/mol. The van der Waals surface area contributed by atoms with Crippen molar-refractivity contribution in [1.82, 2.24) is 0 Å². The van der Waals surface area contributed by atoms with Gasteiger partial charge in [-0.1, -0.05) is 62.4 Å². The van der Waals surface area contributed by atoms with Crippen molar-refractivity contribution in [2.75, 3.05) is 19.8 Å². The average molecular weight is 421 g/mol. The zero-order chi connectivity index (χ0) is 21.9. The van der Waals surface area contributed by atoms with E-state index in [1.165, 1.54) is 0 Å². The Morgan fingerprint density at radius 3 is 2.13 bits per heavy atom. The molecule has 0 aliphatic carbocycles. The number of para-hydroxylation sites is 1. The van der Waals surface area contributed by atoms with Crippen molar-refractivity contribution in [2.24, 2.45) is 0 Å². The fourth-order valence-electron chi connectivity index (χ4n) is 3.04. The number of rotatable bonds is 12. The highest BCUT2D eigenvalue weighted by molar-refractivity contribution is 5.93. The van der Waals surface area contributed by atoms with E-state index in [9.17, 15) is 4.79 Å². The van der Waals surface area contributed by atoms with Crippen LogP contribution in [0.15, 0.2) is 79.4 Å². The number of carbonyl (C=O) groups is 1. The summed E-state index contributed by atoms with van der Waals surface area (Å²) >= 11 is 0. The van der Waals surface area contributed by atoms with Crippen LogP contribution in [0, 0.1) is 0 Å². The molecule has 3 rings (SSSR count). The van der Waals surface area contributed by atoms with Crippen LogP contribution < -0.4 is 14.2 Å². The predicted octanol–water partition coefficient (Wildman–Crippen LogP) is 5.57. The number of hydrogen-bond acceptors (Lipinski definition) is 5. The Kier molecular flexibility index (Phi) is 8.35. The van der Waals surface area contributed by atoms with Crippen LogP contribution in [-0.2, 0) is 9.53 Å². The van der Waals surface area contributed by atoms with E-state index in [2.05, 4.69) is 13.5 Å². The minimum absolute atomic E-state index is 0.145. The molecule has 3 aromatic rings. The second-order valence-corrected chi connectivity index (χ2v) is 7.01. The summed E-state index contributed by atoms with van der Waals surface area (Å²) in [4.78, 5) is 11.8. The number of benzene rings is 3. The lowest BCUT2D eigenvalue weighted by Gasteiger charge is -2.19. The maximum Gasteiger partial charge on any atom is 0.330 e. The third-order valence-corrected chi connectivity index (χ3v) is 4.65. The number of fused-ring (bicyclic) bond motifs is 1. The largest absolute Gasteiger partial charge is 0.493 e. The molecule has 0 aliphatic rings. The van der Waals surface area contributed by atoms with Crippen molar-refractivity contribution in [1.29, 1.82) is 0 Å². The fraction of sp³-hybridized carbons (Fsp3) is 0.269. The Bertz CT molecular complexity index is 984. The third kappa shape index (κ3) is 6.51. The van der Waals surface area contributed by atoms with E-state index in [1.54, 1.807) is 0 Å². The molecule has 162 valence electrons. The van der Waals surface area contributed by atoms with Gasteiger partial charge in [-0.05, 0) is 30.7 Å². The predicted molar refractivity (Wildman–Crippen MR) is 122 cm³/mol. The van der Waals surface area contributed by atoms with Crippen molar-refractivity contribution < 1.29 is 23.7 Å². The lowest BCUT2D eigenvalue weighted by atomic mass is 10.1. The molecule has 0 saturated carbocycles. The molecule has 0 saturated heterocycles. The number of hydrogen-bond donors (Lipinski definition) is 0. The molecule has 1 unspecified atom stereocenters. The quantitative estimate of drug-likeness (QED) is 0.218. The number of unbranched alkanes of at least 4 members (excludes halogenated alkanes) is 1. The summed E-state index contributed by atoms with van der Waals surface area (Å²) in [6.07, 6.45) is 2.62. The first kappa shape index (κ1) is 22.2. The normalized spacial score (nSPS) is 11.5. The van der Waals surface area contributed by atoms with E-state index in [-0.39, 0.29) is 13.2 Å². The first-order valence-electron chi connectivity index (χ1n) is 10.5. The van der Waals surface area contributed by atoms with Crippen LogP contribution in [0.4, 0.5) is 0 Å². The zero-order valence-electron chi connectivity index (χ0n) is 17.8. The first-order chi connectivity index (χ1) is 15.2. The van der Waals surface area contributed by atoms with Gasteiger partial charge >= 0.3 is 5.97 Å². The molecule has 0 fully saturated rings. The summed E-state index contributed by atoms with van der Waals surface area (Å²) in [5.41, 5.74) is 0. The van der Waals surface area contributed by atoms with Crippen molar-refractivity contribution >= 4 is 16.7 Å². The molecule has 0 aromatic heterocycles. The molecule has 1 atom stereocenters. The first-order valence-corrected chi connectivity index (χ1v) is 10.5. The maximum absolute atomic E-state index is 11.8. The molecule has 0 spiro atoms. The number of ether oxygens (including phenoxy) is 4. The second-order valence-electron chi connectivity index (χ2n) is 7.01. The number of esters is 1. The van der Waals surface area contributed by atoms with Crippen LogP contribution in [0.3, 0.4) is 0 Å². The molecule has 31 heavy (non-hydrogen) atoms. The minimum Gasteiger partial charge on any atom is -0.493 e. The van der Waals surface area contributed by atoms with Gasteiger partial charge in [0.15, 0.2) is 6.10 Å². The highest BCUT2D eigenvalue weighted by Crippen LogP contribution is 2.33. The molecule has 0 heterocycles. The Hall–Kier alpha value is -3.47. The Balaban J connectivity index is 1.71. The molecule has 5 nitrogen and oxygen atoms in total. The third-order valence-electron chi connectivity index (χ3n) is 4.65. The van der Waals surface area contributed by atoms with Gasteiger partial charge in [0.05, 0.1) is 6.61 Å². The smallest absolute Gasteiger partial charge is 0.330 e. The highest BCUT2D eigenvalue weighted by Gasteiger charge is 2.17. The van der Waals surface area contributed by atoms with Crippen molar-refractivity contribution in [3.05, 3.63) is 79.4 Å². The molecule has 0 amide bonds. The summed E-state index contributed by atoms with van der Waals surface area (Å²) < 4.78 is 23.2. The van der Waals surface area contributed by atoms with E-state index in [0.717, 1.165) is 35.4 Å². The highest BCUT2D eigenvalue weighted by atomic mass is 16.6. The van der Waals surface area contributed by atoms with E-state index >= 15 is 0 Å². The second kappa shape index (κ2) is 11.6. The minimum atomic E-state index is -0.593. The van der Waals surface area contributed by atoms with Gasteiger partial charge in [-0.15, -0.1) is 0 Å². The lowest BCUT2D eigenvalue weighted by Crippen LogP contribution is -2.30. The topological polar surface area (TPSA) is 54.0 Å². The van der Waals surface area contributed by atoms with Crippen molar-refractivity contribution in [3.63, 3.8) is 0 Å². The lowest BCUT2D eigenvalue weighted by molar-refractivity contribution is -0.146. The van der Waals surface area contributed by atoms with Crippen molar-refractivity contribution in [3.8, 4) is 17.2 Å². The van der Waals surface area contributed by atoms with Crippen LogP contribution in [0.1, 0.15) is 19.8 Å². The van der Waals surface area contributed by atoms with Gasteiger partial charge in [0.25, 0.3) is 0 Å². The molecule has 3 aromatic carbocycles. The van der Waals surface area contributed by atoms with Crippen molar-refractivity contribution in [2.45, 2.75) is 25.9 Å². The average Bonchev–Trinajstić information content (AvgIpc) is 2.82. The van der Waals surface area contributed by atoms with E-state index in [0.29, 0.717) is 18.1 Å². The molecular formula is C26H28O5. The van der Waals surface area contributed by atoms with E-state index in [4.69, 9.17) is 18.9 Å². The Morgan fingerprint density at radius 1 is 0.871 bits per heavy atom. The van der Waals surface area contributed by atoms with Gasteiger partial charge < -0.3 is 18.9 Å². The summed E-state index contributed by atoms with van der Waals surface area (Å²) in [5, 5.41) is 1.92. The van der Waals surface area contributed by atoms with Gasteiger partial charge in [-0.3, -0.25) is 0 Å². The SMILES string of the molecule is C=CC(=O)OC(COc1ccccc1)COc1ccc(OCCCC)c2ccccc12. The van der Waals surface area contributed by atoms with Gasteiger partial charge in [0.2, 0.25) is 0 Å². The maximum atomic E-state index is 11.8. The van der Waals surface area contributed by atoms with Gasteiger partial charge in [-0.25, -0.2) is 4.79 Å². The molecule has 0 radical (unpaired) electrons. The Labute approximate surface area is 183 Å². The van der Waals surface area contributed by atoms with E-state index < -0.39 is 12.1 Å². The van der Waals surface area contributed by atoms with Gasteiger partial charge in [0, 0.05) is 16.8 Å². The monoisotopic (exact) mass is 420 g/mol. The summed E-state index contributed by atoms with van der Waals surface area (Å²) in [6.45, 7) is 6.59. The Morgan fingerprint density at radius 2 is 1.48 bits per heavy atom. The van der Waals surface area contributed by atoms with Crippen LogP contribution in [-0.4, -0.2) is 31.9 Å². The van der Waals surface area contributed by atoms with Crippen LogP contribution in [0.5, 0.6) is 17.2 Å². The molecule has 5 heteroatoms. The summed E-state index contributed by atoms with van der Waals surface area (Å²) in [6, 6.07) is 21.1. The van der Waals surface area contributed by atoms with Crippen LogP contribution in [0.25, 0.3) is 10.8 Å². The van der Waals surface area contributed by atoms with Crippen LogP contribution >= 0.6 is 0 Å². The molecule has 0 aliphatic heterocycles. The number of carbonyl (C=O) groups excluding carboxylic acids is 1.